The van der Waals surface area contributed by atoms with Gasteiger partial charge in [0.15, 0.2) is 5.82 Å². The van der Waals surface area contributed by atoms with Gasteiger partial charge in [0.05, 0.1) is 33.6 Å². The Kier molecular flexibility index (Phi) is 9.05. The highest BCUT2D eigenvalue weighted by molar-refractivity contribution is 6.20. The third kappa shape index (κ3) is 6.63. The van der Waals surface area contributed by atoms with Crippen LogP contribution in [0.3, 0.4) is 0 Å². The van der Waals surface area contributed by atoms with E-state index in [2.05, 4.69) is 193 Å². The van der Waals surface area contributed by atoms with Crippen molar-refractivity contribution < 1.29 is 0 Å². The number of fused-ring (bicyclic) bond motifs is 5. The molecule has 3 aromatic heterocycles. The molecule has 0 N–H and O–H groups in total. The van der Waals surface area contributed by atoms with Crippen LogP contribution in [0.4, 0.5) is 0 Å². The van der Waals surface area contributed by atoms with E-state index in [4.69, 9.17) is 19.9 Å². The summed E-state index contributed by atoms with van der Waals surface area (Å²) in [7, 11) is 0. The minimum absolute atomic E-state index is 0.699. The third-order valence-corrected chi connectivity index (χ3v) is 11.6. The van der Waals surface area contributed by atoms with Crippen molar-refractivity contribution >= 4 is 32.7 Å². The average molecular weight is 782 g/mol. The standard InChI is InChI=1S/C56H39N5/c1-2-52-60-55-51(61(52)45-18-10-5-11-19-45)35-34-47-46-20-12-13-21-48(46)57-54(53(47)55)43-32-26-40(27-33-43)39-24-30-42(31-25-39)50-36-49(58-56(59-50)44-16-8-4-9-17-44)41-28-22-38(23-29-41)37-14-6-3-7-15-37/h3-36H,2H2,1H3. The van der Waals surface area contributed by atoms with Crippen LogP contribution in [-0.2, 0) is 6.42 Å². The Labute approximate surface area is 354 Å². The summed E-state index contributed by atoms with van der Waals surface area (Å²) in [5, 5.41) is 3.35. The Morgan fingerprint density at radius 3 is 1.48 bits per heavy atom. The van der Waals surface area contributed by atoms with Crippen LogP contribution < -0.4 is 0 Å². The molecule has 0 unspecified atom stereocenters. The maximum Gasteiger partial charge on any atom is 0.160 e. The fourth-order valence-electron chi connectivity index (χ4n) is 8.52. The third-order valence-electron chi connectivity index (χ3n) is 11.6. The minimum atomic E-state index is 0.699. The van der Waals surface area contributed by atoms with Crippen LogP contribution in [0.2, 0.25) is 0 Å². The molecule has 0 bridgehead atoms. The second-order valence-corrected chi connectivity index (χ2v) is 15.3. The summed E-state index contributed by atoms with van der Waals surface area (Å²) in [6, 6.07) is 72.2. The highest BCUT2D eigenvalue weighted by Crippen LogP contribution is 2.39. The van der Waals surface area contributed by atoms with Gasteiger partial charge in [-0.05, 0) is 58.0 Å². The van der Waals surface area contributed by atoms with E-state index in [-0.39, 0.29) is 0 Å². The number of pyridine rings is 1. The summed E-state index contributed by atoms with van der Waals surface area (Å²) in [5.74, 6) is 1.73. The van der Waals surface area contributed by atoms with Gasteiger partial charge >= 0.3 is 0 Å². The number of aryl methyl sites for hydroxylation is 1. The van der Waals surface area contributed by atoms with E-state index < -0.39 is 0 Å². The molecule has 0 amide bonds. The zero-order chi connectivity index (χ0) is 40.7. The molecule has 288 valence electrons. The lowest BCUT2D eigenvalue weighted by molar-refractivity contribution is 0.908. The second-order valence-electron chi connectivity index (χ2n) is 15.3. The summed E-state index contributed by atoms with van der Waals surface area (Å²) in [6.07, 6.45) is 0.810. The van der Waals surface area contributed by atoms with Crippen LogP contribution in [0.25, 0.3) is 106 Å². The summed E-state index contributed by atoms with van der Waals surface area (Å²) >= 11 is 0. The number of aromatic nitrogens is 5. The molecule has 0 atom stereocenters. The predicted molar refractivity (Wildman–Crippen MR) is 251 cm³/mol. The first-order valence-electron chi connectivity index (χ1n) is 20.8. The molecule has 0 radical (unpaired) electrons. The Hall–Kier alpha value is -8.02. The first-order chi connectivity index (χ1) is 30.2. The van der Waals surface area contributed by atoms with Crippen molar-refractivity contribution in [1.29, 1.82) is 0 Å². The average Bonchev–Trinajstić information content (AvgIpc) is 3.74. The van der Waals surface area contributed by atoms with Crippen LogP contribution in [0.15, 0.2) is 206 Å². The van der Waals surface area contributed by atoms with Crippen LogP contribution in [0, 0.1) is 0 Å². The van der Waals surface area contributed by atoms with Crippen molar-refractivity contribution in [2.24, 2.45) is 0 Å². The van der Waals surface area contributed by atoms with Crippen LogP contribution >= 0.6 is 0 Å². The summed E-state index contributed by atoms with van der Waals surface area (Å²) in [4.78, 5) is 20.8. The maximum absolute atomic E-state index is 5.32. The Balaban J connectivity index is 0.958. The molecule has 0 fully saturated rings. The minimum Gasteiger partial charge on any atom is -0.296 e. The van der Waals surface area contributed by atoms with Gasteiger partial charge in [0, 0.05) is 45.1 Å². The van der Waals surface area contributed by atoms with E-state index in [0.717, 1.165) is 101 Å². The fraction of sp³-hybridized carbons (Fsp3) is 0.0357. The van der Waals surface area contributed by atoms with Crippen LogP contribution in [0.1, 0.15) is 12.7 Å². The fourth-order valence-corrected chi connectivity index (χ4v) is 8.52. The molecule has 5 heteroatoms. The molecule has 0 saturated heterocycles. The van der Waals surface area contributed by atoms with E-state index in [1.54, 1.807) is 0 Å². The normalized spacial score (nSPS) is 11.4. The summed E-state index contributed by atoms with van der Waals surface area (Å²) in [6.45, 7) is 2.17. The molecule has 0 spiro atoms. The van der Waals surface area contributed by atoms with Gasteiger partial charge < -0.3 is 0 Å². The molecule has 0 aliphatic rings. The maximum atomic E-state index is 5.32. The van der Waals surface area contributed by atoms with Crippen molar-refractivity contribution in [3.63, 3.8) is 0 Å². The molecule has 0 aliphatic heterocycles. The van der Waals surface area contributed by atoms with Gasteiger partial charge in [-0.2, -0.15) is 0 Å². The molecular formula is C56H39N5. The van der Waals surface area contributed by atoms with Crippen LogP contribution in [0.5, 0.6) is 0 Å². The second kappa shape index (κ2) is 15.3. The van der Waals surface area contributed by atoms with Gasteiger partial charge in [-0.1, -0.05) is 183 Å². The van der Waals surface area contributed by atoms with E-state index in [1.165, 1.54) is 11.1 Å². The Morgan fingerprint density at radius 2 is 0.885 bits per heavy atom. The highest BCUT2D eigenvalue weighted by atomic mass is 15.1. The lowest BCUT2D eigenvalue weighted by Crippen LogP contribution is -1.99. The molecule has 8 aromatic carbocycles. The van der Waals surface area contributed by atoms with Crippen LogP contribution in [-0.4, -0.2) is 24.5 Å². The molecule has 61 heavy (non-hydrogen) atoms. The van der Waals surface area contributed by atoms with E-state index >= 15 is 0 Å². The van der Waals surface area contributed by atoms with E-state index in [9.17, 15) is 0 Å². The van der Waals surface area contributed by atoms with Gasteiger partial charge in [-0.25, -0.2) is 19.9 Å². The van der Waals surface area contributed by atoms with Crippen molar-refractivity contribution in [3.8, 4) is 73.1 Å². The Bertz CT molecular complexity index is 3340. The SMILES string of the molecule is CCc1nc2c3c(-c4ccc(-c5ccc(-c6cc(-c7ccc(-c8ccccc8)cc7)nc(-c7ccccc7)n6)cc5)cc4)nc4ccccc4c3ccc2n1-c1ccccc1. The van der Waals surface area contributed by atoms with E-state index in [0.29, 0.717) is 5.82 Å². The highest BCUT2D eigenvalue weighted by Gasteiger charge is 2.20. The number of para-hydroxylation sites is 2. The summed E-state index contributed by atoms with van der Waals surface area (Å²) in [5.41, 5.74) is 15.5. The van der Waals surface area contributed by atoms with E-state index in [1.807, 2.05) is 24.3 Å². The van der Waals surface area contributed by atoms with Gasteiger partial charge in [-0.3, -0.25) is 4.57 Å². The van der Waals surface area contributed by atoms with Crippen molar-refractivity contribution in [2.75, 3.05) is 0 Å². The van der Waals surface area contributed by atoms with Gasteiger partial charge in [0.1, 0.15) is 5.82 Å². The zero-order valence-electron chi connectivity index (χ0n) is 33.6. The molecule has 11 rings (SSSR count). The number of benzene rings is 8. The topological polar surface area (TPSA) is 56.5 Å². The smallest absolute Gasteiger partial charge is 0.160 e. The zero-order valence-corrected chi connectivity index (χ0v) is 33.6. The number of imidazole rings is 1. The lowest BCUT2D eigenvalue weighted by Gasteiger charge is -2.13. The number of nitrogens with zero attached hydrogens (tertiary/aromatic N) is 5. The predicted octanol–water partition coefficient (Wildman–Crippen LogP) is 14.1. The molecule has 3 heterocycles. The largest absolute Gasteiger partial charge is 0.296 e. The quantitative estimate of drug-likeness (QED) is 0.144. The number of rotatable bonds is 8. The van der Waals surface area contributed by atoms with Crippen molar-refractivity contribution in [1.82, 2.24) is 24.5 Å². The molecule has 0 saturated carbocycles. The van der Waals surface area contributed by atoms with Crippen molar-refractivity contribution in [2.45, 2.75) is 13.3 Å². The number of hydrogen-bond acceptors (Lipinski definition) is 4. The first kappa shape index (κ1) is 36.1. The number of hydrogen-bond donors (Lipinski definition) is 0. The molecule has 11 aromatic rings. The van der Waals surface area contributed by atoms with Gasteiger partial charge in [0.2, 0.25) is 0 Å². The first-order valence-corrected chi connectivity index (χ1v) is 20.8. The van der Waals surface area contributed by atoms with Gasteiger partial charge in [0.25, 0.3) is 0 Å². The monoisotopic (exact) mass is 781 g/mol. The molecule has 5 nitrogen and oxygen atoms in total. The summed E-state index contributed by atoms with van der Waals surface area (Å²) < 4.78 is 2.29. The van der Waals surface area contributed by atoms with Crippen molar-refractivity contribution in [3.05, 3.63) is 212 Å². The molecular weight excluding hydrogens is 743 g/mol. The lowest BCUT2D eigenvalue weighted by atomic mass is 9.96. The van der Waals surface area contributed by atoms with Gasteiger partial charge in [-0.15, -0.1) is 0 Å². The molecule has 0 aliphatic carbocycles. The Morgan fingerprint density at radius 1 is 0.393 bits per heavy atom.